The van der Waals surface area contributed by atoms with Gasteiger partial charge in [0.1, 0.15) is 12.1 Å². The second-order valence-corrected chi connectivity index (χ2v) is 5.54. The van der Waals surface area contributed by atoms with Gasteiger partial charge < -0.3 is 20.9 Å². The Morgan fingerprint density at radius 1 is 1.35 bits per heavy atom. The number of ether oxygens (including phenoxy) is 1. The topological polar surface area (TPSA) is 102 Å². The van der Waals surface area contributed by atoms with Crippen molar-refractivity contribution >= 4 is 12.1 Å². The molecule has 20 heavy (non-hydrogen) atoms. The Labute approximate surface area is 118 Å². The zero-order valence-corrected chi connectivity index (χ0v) is 11.5. The van der Waals surface area contributed by atoms with Crippen molar-refractivity contribution in [3.63, 3.8) is 0 Å². The van der Waals surface area contributed by atoms with E-state index in [2.05, 4.69) is 17.5 Å². The lowest BCUT2D eigenvalue weighted by molar-refractivity contribution is -0.139. The highest BCUT2D eigenvalue weighted by molar-refractivity contribution is 5.79. The molecule has 2 aliphatic rings. The molecule has 2 aliphatic carbocycles. The number of carbonyl (C=O) groups is 2. The molecule has 0 saturated heterocycles. The first-order valence-electron chi connectivity index (χ1n) is 7.18. The van der Waals surface area contributed by atoms with Crippen molar-refractivity contribution in [1.29, 1.82) is 0 Å². The molecule has 0 spiro atoms. The number of unbranched alkanes of at least 4 members (excludes halogenated alkanes) is 1. The van der Waals surface area contributed by atoms with E-state index in [0.717, 1.165) is 19.3 Å². The Hall–Kier alpha value is -1.56. The molecule has 1 saturated carbocycles. The van der Waals surface area contributed by atoms with Gasteiger partial charge in [-0.3, -0.25) is 0 Å². The molecule has 4 atom stereocenters. The first-order chi connectivity index (χ1) is 9.60. The van der Waals surface area contributed by atoms with Gasteiger partial charge in [0.15, 0.2) is 0 Å². The summed E-state index contributed by atoms with van der Waals surface area (Å²) in [7, 11) is 0. The number of amides is 1. The predicted octanol–water partition coefficient (Wildman–Crippen LogP) is 1.26. The molecule has 0 aromatic carbocycles. The van der Waals surface area contributed by atoms with Gasteiger partial charge in [0.05, 0.1) is 0 Å². The van der Waals surface area contributed by atoms with Gasteiger partial charge in [0.25, 0.3) is 0 Å². The molecule has 0 heterocycles. The lowest BCUT2D eigenvalue weighted by atomic mass is 10.0. The first kappa shape index (κ1) is 14.8. The third-order valence-corrected chi connectivity index (χ3v) is 4.01. The molecule has 1 amide bonds. The number of nitrogens with two attached hydrogens (primary N) is 1. The fourth-order valence-corrected chi connectivity index (χ4v) is 2.93. The maximum Gasteiger partial charge on any atom is 0.408 e. The molecule has 2 rings (SSSR count). The summed E-state index contributed by atoms with van der Waals surface area (Å²) in [6.45, 7) is 0.522. The number of carboxylic acid groups (broad SMARTS) is 1. The Morgan fingerprint density at radius 2 is 2.15 bits per heavy atom. The number of hydrogen-bond donors (Lipinski definition) is 3. The van der Waals surface area contributed by atoms with Crippen LogP contribution >= 0.6 is 0 Å². The lowest BCUT2D eigenvalue weighted by Crippen LogP contribution is -2.42. The molecule has 4 N–H and O–H groups in total. The maximum atomic E-state index is 11.8. The summed E-state index contributed by atoms with van der Waals surface area (Å²) >= 11 is 0. The van der Waals surface area contributed by atoms with Gasteiger partial charge in [0.2, 0.25) is 0 Å². The Morgan fingerprint density at radius 3 is 2.70 bits per heavy atom. The van der Waals surface area contributed by atoms with Crippen LogP contribution in [0.4, 0.5) is 4.79 Å². The van der Waals surface area contributed by atoms with Crippen LogP contribution in [-0.2, 0) is 9.53 Å². The molecule has 112 valence electrons. The minimum absolute atomic E-state index is 0.108. The molecule has 4 unspecified atom stereocenters. The molecule has 0 aliphatic heterocycles. The fraction of sp³-hybridized carbons (Fsp3) is 0.714. The van der Waals surface area contributed by atoms with Crippen LogP contribution in [0.15, 0.2) is 12.2 Å². The first-order valence-corrected chi connectivity index (χ1v) is 7.18. The number of carboxylic acids is 1. The molecule has 0 aromatic rings. The minimum Gasteiger partial charge on any atom is -0.480 e. The summed E-state index contributed by atoms with van der Waals surface area (Å²) in [5, 5.41) is 11.5. The predicted molar refractivity (Wildman–Crippen MR) is 73.1 cm³/mol. The summed E-state index contributed by atoms with van der Waals surface area (Å²) in [4.78, 5) is 22.9. The zero-order chi connectivity index (χ0) is 14.5. The van der Waals surface area contributed by atoms with Crippen molar-refractivity contribution < 1.29 is 19.4 Å². The molecule has 6 heteroatoms. The van der Waals surface area contributed by atoms with Crippen molar-refractivity contribution in [2.45, 2.75) is 44.2 Å². The van der Waals surface area contributed by atoms with Gasteiger partial charge in [-0.25, -0.2) is 9.59 Å². The Kier molecular flexibility index (Phi) is 5.00. The van der Waals surface area contributed by atoms with Crippen molar-refractivity contribution in [2.75, 3.05) is 6.54 Å². The normalized spacial score (nSPS) is 28.4. The number of nitrogens with one attached hydrogen (secondary N) is 1. The lowest BCUT2D eigenvalue weighted by Gasteiger charge is -2.21. The van der Waals surface area contributed by atoms with Crippen molar-refractivity contribution in [2.24, 2.45) is 17.6 Å². The summed E-state index contributed by atoms with van der Waals surface area (Å²) in [6.07, 6.45) is 7.19. The van der Waals surface area contributed by atoms with E-state index in [1.54, 1.807) is 0 Å². The third kappa shape index (κ3) is 3.72. The van der Waals surface area contributed by atoms with Gasteiger partial charge >= 0.3 is 12.1 Å². The van der Waals surface area contributed by atoms with Crippen LogP contribution in [0.2, 0.25) is 0 Å². The van der Waals surface area contributed by atoms with Crippen LogP contribution in [-0.4, -0.2) is 35.9 Å². The van der Waals surface area contributed by atoms with Gasteiger partial charge in [-0.15, -0.1) is 0 Å². The minimum atomic E-state index is -1.04. The molecule has 1 fully saturated rings. The summed E-state index contributed by atoms with van der Waals surface area (Å²) in [5.41, 5.74) is 5.37. The maximum absolute atomic E-state index is 11.8. The standard InChI is InChI=1S/C14H22N2O4/c15-6-2-1-3-11(13(17)18)16-14(19)20-12-8-9-4-5-10(12)7-9/h4-5,9-12H,1-3,6-8,15H2,(H,16,19)(H,17,18). The van der Waals surface area contributed by atoms with E-state index in [9.17, 15) is 9.59 Å². The van der Waals surface area contributed by atoms with Crippen molar-refractivity contribution in [3.05, 3.63) is 12.2 Å². The Balaban J connectivity index is 1.76. The van der Waals surface area contributed by atoms with E-state index < -0.39 is 18.1 Å². The van der Waals surface area contributed by atoms with E-state index in [-0.39, 0.29) is 6.10 Å². The average molecular weight is 282 g/mol. The van der Waals surface area contributed by atoms with Crippen molar-refractivity contribution in [3.8, 4) is 0 Å². The van der Waals surface area contributed by atoms with Gasteiger partial charge in [0, 0.05) is 5.92 Å². The number of hydrogen-bond acceptors (Lipinski definition) is 4. The molecular weight excluding hydrogens is 260 g/mol. The van der Waals surface area contributed by atoms with Gasteiger partial charge in [-0.1, -0.05) is 12.2 Å². The molecular formula is C14H22N2O4. The molecule has 0 aromatic heterocycles. The fourth-order valence-electron chi connectivity index (χ4n) is 2.93. The zero-order valence-electron chi connectivity index (χ0n) is 11.5. The summed E-state index contributed by atoms with van der Waals surface area (Å²) in [6, 6.07) is -0.900. The number of aliphatic carboxylic acids is 1. The second kappa shape index (κ2) is 6.74. The highest BCUT2D eigenvalue weighted by Crippen LogP contribution is 2.40. The number of fused-ring (bicyclic) bond motifs is 2. The van der Waals surface area contributed by atoms with Gasteiger partial charge in [-0.2, -0.15) is 0 Å². The molecule has 2 bridgehead atoms. The number of carbonyl (C=O) groups excluding carboxylic acids is 1. The van der Waals surface area contributed by atoms with E-state index in [4.69, 9.17) is 15.6 Å². The van der Waals surface area contributed by atoms with Crippen LogP contribution in [0, 0.1) is 11.8 Å². The van der Waals surface area contributed by atoms with Crippen molar-refractivity contribution in [1.82, 2.24) is 5.32 Å². The highest BCUT2D eigenvalue weighted by Gasteiger charge is 2.38. The monoisotopic (exact) mass is 282 g/mol. The Bertz CT molecular complexity index is 397. The number of allylic oxidation sites excluding steroid dienone is 1. The SMILES string of the molecule is NCCCCC(NC(=O)OC1CC2C=CC1C2)C(=O)O. The van der Waals surface area contributed by atoms with Crippen LogP contribution in [0.3, 0.4) is 0 Å². The van der Waals surface area contributed by atoms with E-state index >= 15 is 0 Å². The van der Waals surface area contributed by atoms with E-state index in [0.29, 0.717) is 31.2 Å². The molecule has 0 radical (unpaired) electrons. The number of rotatable bonds is 7. The highest BCUT2D eigenvalue weighted by atomic mass is 16.6. The quantitative estimate of drug-likeness (QED) is 0.482. The third-order valence-electron chi connectivity index (χ3n) is 4.01. The van der Waals surface area contributed by atoms with Crippen LogP contribution in [0.5, 0.6) is 0 Å². The van der Waals surface area contributed by atoms with E-state index in [1.165, 1.54) is 0 Å². The molecule has 6 nitrogen and oxygen atoms in total. The largest absolute Gasteiger partial charge is 0.480 e. The summed E-state index contributed by atoms with van der Waals surface area (Å²) in [5.74, 6) is -0.226. The smallest absolute Gasteiger partial charge is 0.408 e. The van der Waals surface area contributed by atoms with Crippen LogP contribution < -0.4 is 11.1 Å². The summed E-state index contributed by atoms with van der Waals surface area (Å²) < 4.78 is 5.34. The second-order valence-electron chi connectivity index (χ2n) is 5.54. The van der Waals surface area contributed by atoms with Crippen LogP contribution in [0.25, 0.3) is 0 Å². The number of alkyl carbamates (subject to hydrolysis) is 1. The van der Waals surface area contributed by atoms with Crippen LogP contribution in [0.1, 0.15) is 32.1 Å². The average Bonchev–Trinajstić information content (AvgIpc) is 2.99. The van der Waals surface area contributed by atoms with E-state index in [1.807, 2.05) is 0 Å². The van der Waals surface area contributed by atoms with Gasteiger partial charge in [-0.05, 0) is 44.6 Å².